The molecular weight excluding hydrogens is 310 g/mol. The lowest BCUT2D eigenvalue weighted by Crippen LogP contribution is -2.47. The third kappa shape index (κ3) is 5.94. The molecule has 0 aromatic heterocycles. The summed E-state index contributed by atoms with van der Waals surface area (Å²) in [7, 11) is 0. The molecule has 0 N–H and O–H groups in total. The summed E-state index contributed by atoms with van der Waals surface area (Å²) in [5.74, 6) is 1.40. The van der Waals surface area contributed by atoms with Crippen LogP contribution in [0.1, 0.15) is 78.1 Å². The molecule has 2 saturated carbocycles. The van der Waals surface area contributed by atoms with E-state index in [9.17, 15) is 8.78 Å². The zero-order valence-electron chi connectivity index (χ0n) is 15.5. The standard InChI is InChI=1S/C20H36F2O2/c1-3-5-13-23-17-11-12-18(20(22)19(17)21)24-14-16-9-7-15(6-4-2)8-10-16/h15-20H,3-14H2,1-2H3. The zero-order valence-corrected chi connectivity index (χ0v) is 15.5. The molecule has 0 bridgehead atoms. The Morgan fingerprint density at radius 2 is 1.33 bits per heavy atom. The highest BCUT2D eigenvalue weighted by Gasteiger charge is 2.41. The van der Waals surface area contributed by atoms with Crippen LogP contribution < -0.4 is 0 Å². The third-order valence-electron chi connectivity index (χ3n) is 5.79. The van der Waals surface area contributed by atoms with Gasteiger partial charge in [-0.15, -0.1) is 0 Å². The molecule has 4 unspecified atom stereocenters. The fraction of sp³-hybridized carbons (Fsp3) is 1.00. The first-order chi connectivity index (χ1) is 11.7. The molecule has 2 aliphatic carbocycles. The summed E-state index contributed by atoms with van der Waals surface area (Å²) >= 11 is 0. The van der Waals surface area contributed by atoms with Crippen molar-refractivity contribution in [3.63, 3.8) is 0 Å². The Bertz CT molecular complexity index is 332. The van der Waals surface area contributed by atoms with Crippen LogP contribution >= 0.6 is 0 Å². The quantitative estimate of drug-likeness (QED) is 0.503. The number of hydrogen-bond donors (Lipinski definition) is 0. The smallest absolute Gasteiger partial charge is 0.160 e. The van der Waals surface area contributed by atoms with Crippen LogP contribution in [-0.2, 0) is 9.47 Å². The van der Waals surface area contributed by atoms with Crippen molar-refractivity contribution in [1.82, 2.24) is 0 Å². The lowest BCUT2D eigenvalue weighted by molar-refractivity contribution is -0.123. The zero-order chi connectivity index (χ0) is 17.4. The minimum atomic E-state index is -1.54. The molecule has 2 rings (SSSR count). The first-order valence-corrected chi connectivity index (χ1v) is 10.2. The van der Waals surface area contributed by atoms with E-state index in [1.54, 1.807) is 0 Å². The van der Waals surface area contributed by atoms with E-state index in [1.807, 2.05) is 0 Å². The molecule has 2 aliphatic rings. The highest BCUT2D eigenvalue weighted by atomic mass is 19.2. The molecule has 0 saturated heterocycles. The van der Waals surface area contributed by atoms with Crippen LogP contribution in [0.4, 0.5) is 8.78 Å². The molecule has 142 valence electrons. The van der Waals surface area contributed by atoms with Crippen molar-refractivity contribution in [3.05, 3.63) is 0 Å². The molecule has 0 heterocycles. The van der Waals surface area contributed by atoms with E-state index < -0.39 is 24.6 Å². The second kappa shape index (κ2) is 10.7. The van der Waals surface area contributed by atoms with Gasteiger partial charge in [-0.05, 0) is 43.9 Å². The highest BCUT2D eigenvalue weighted by Crippen LogP contribution is 2.34. The average molecular weight is 347 g/mol. The fourth-order valence-corrected chi connectivity index (χ4v) is 4.14. The minimum absolute atomic E-state index is 0.529. The van der Waals surface area contributed by atoms with Crippen molar-refractivity contribution in [1.29, 1.82) is 0 Å². The Balaban J connectivity index is 1.67. The minimum Gasteiger partial charge on any atom is -0.375 e. The van der Waals surface area contributed by atoms with Crippen LogP contribution in [0.15, 0.2) is 0 Å². The Morgan fingerprint density at radius 3 is 1.92 bits per heavy atom. The maximum Gasteiger partial charge on any atom is 0.160 e. The molecule has 0 spiro atoms. The van der Waals surface area contributed by atoms with Gasteiger partial charge < -0.3 is 9.47 Å². The molecule has 2 nitrogen and oxygen atoms in total. The summed E-state index contributed by atoms with van der Waals surface area (Å²) in [5, 5.41) is 0. The van der Waals surface area contributed by atoms with Crippen molar-refractivity contribution in [3.8, 4) is 0 Å². The topological polar surface area (TPSA) is 18.5 Å². The predicted molar refractivity (Wildman–Crippen MR) is 93.8 cm³/mol. The molecule has 2 fully saturated rings. The van der Waals surface area contributed by atoms with Crippen LogP contribution in [0.2, 0.25) is 0 Å². The van der Waals surface area contributed by atoms with Gasteiger partial charge in [0.1, 0.15) is 0 Å². The Kier molecular flexibility index (Phi) is 8.96. The highest BCUT2D eigenvalue weighted by molar-refractivity contribution is 4.90. The molecule has 0 amide bonds. The van der Waals surface area contributed by atoms with Gasteiger partial charge >= 0.3 is 0 Å². The molecule has 4 atom stereocenters. The largest absolute Gasteiger partial charge is 0.375 e. The average Bonchev–Trinajstić information content (AvgIpc) is 2.60. The lowest BCUT2D eigenvalue weighted by Gasteiger charge is -2.36. The number of ether oxygens (including phenoxy) is 2. The lowest BCUT2D eigenvalue weighted by atomic mass is 9.80. The number of hydrogen-bond acceptors (Lipinski definition) is 2. The van der Waals surface area contributed by atoms with Crippen LogP contribution in [0.25, 0.3) is 0 Å². The molecule has 0 aromatic carbocycles. The van der Waals surface area contributed by atoms with Crippen LogP contribution in [-0.4, -0.2) is 37.8 Å². The van der Waals surface area contributed by atoms with Gasteiger partial charge in [-0.3, -0.25) is 0 Å². The van der Waals surface area contributed by atoms with E-state index in [0.29, 0.717) is 32.0 Å². The van der Waals surface area contributed by atoms with E-state index in [0.717, 1.165) is 18.8 Å². The first-order valence-electron chi connectivity index (χ1n) is 10.2. The van der Waals surface area contributed by atoms with Gasteiger partial charge in [-0.2, -0.15) is 0 Å². The summed E-state index contributed by atoms with van der Waals surface area (Å²) in [6.45, 7) is 5.43. The Labute approximate surface area is 146 Å². The Morgan fingerprint density at radius 1 is 0.750 bits per heavy atom. The second-order valence-corrected chi connectivity index (χ2v) is 7.78. The van der Waals surface area contributed by atoms with Crippen molar-refractivity contribution < 1.29 is 18.3 Å². The van der Waals surface area contributed by atoms with Crippen molar-refractivity contribution in [2.45, 2.75) is 103 Å². The van der Waals surface area contributed by atoms with Crippen LogP contribution in [0.5, 0.6) is 0 Å². The van der Waals surface area contributed by atoms with Gasteiger partial charge in [-0.25, -0.2) is 8.78 Å². The number of alkyl halides is 2. The summed E-state index contributed by atoms with van der Waals surface area (Å²) in [4.78, 5) is 0. The normalized spacial score (nSPS) is 37.5. The number of rotatable bonds is 9. The molecule has 0 radical (unpaired) electrons. The predicted octanol–water partition coefficient (Wildman–Crippen LogP) is 5.63. The number of unbranched alkanes of at least 4 members (excludes halogenated alkanes) is 1. The summed E-state index contributed by atoms with van der Waals surface area (Å²) in [5.41, 5.74) is 0. The Hall–Kier alpha value is -0.220. The molecule has 0 aliphatic heterocycles. The molecular formula is C20H36F2O2. The monoisotopic (exact) mass is 346 g/mol. The fourth-order valence-electron chi connectivity index (χ4n) is 4.14. The van der Waals surface area contributed by atoms with Crippen molar-refractivity contribution >= 4 is 0 Å². The maximum atomic E-state index is 14.3. The van der Waals surface area contributed by atoms with E-state index in [-0.39, 0.29) is 0 Å². The van der Waals surface area contributed by atoms with Gasteiger partial charge in [0.2, 0.25) is 0 Å². The number of halogens is 2. The summed E-state index contributed by atoms with van der Waals surface area (Å²) in [6.07, 6.45) is 6.28. The van der Waals surface area contributed by atoms with E-state index >= 15 is 0 Å². The SMILES string of the molecule is CCCCOC1CCC(OCC2CCC(CCC)CC2)C(F)C1F. The van der Waals surface area contributed by atoms with Gasteiger partial charge in [0.05, 0.1) is 12.2 Å². The summed E-state index contributed by atoms with van der Waals surface area (Å²) in [6, 6.07) is 0. The molecule has 24 heavy (non-hydrogen) atoms. The van der Waals surface area contributed by atoms with Crippen molar-refractivity contribution in [2.24, 2.45) is 11.8 Å². The van der Waals surface area contributed by atoms with Gasteiger partial charge in [0, 0.05) is 13.2 Å². The maximum absolute atomic E-state index is 14.3. The van der Waals surface area contributed by atoms with E-state index in [2.05, 4.69) is 13.8 Å². The third-order valence-corrected chi connectivity index (χ3v) is 5.79. The van der Waals surface area contributed by atoms with Gasteiger partial charge in [-0.1, -0.05) is 46.0 Å². The van der Waals surface area contributed by atoms with Gasteiger partial charge in [0.25, 0.3) is 0 Å². The van der Waals surface area contributed by atoms with Crippen LogP contribution in [0, 0.1) is 11.8 Å². The summed E-state index contributed by atoms with van der Waals surface area (Å²) < 4.78 is 39.9. The van der Waals surface area contributed by atoms with E-state index in [4.69, 9.17) is 9.47 Å². The van der Waals surface area contributed by atoms with Gasteiger partial charge in [0.15, 0.2) is 12.3 Å². The second-order valence-electron chi connectivity index (χ2n) is 7.78. The van der Waals surface area contributed by atoms with E-state index in [1.165, 1.54) is 38.5 Å². The molecule has 0 aromatic rings. The molecule has 4 heteroatoms. The van der Waals surface area contributed by atoms with Crippen LogP contribution in [0.3, 0.4) is 0 Å². The first kappa shape index (κ1) is 20.1. The van der Waals surface area contributed by atoms with Crippen molar-refractivity contribution in [2.75, 3.05) is 13.2 Å².